The summed E-state index contributed by atoms with van der Waals surface area (Å²) >= 11 is 5.76. The lowest BCUT2D eigenvalue weighted by molar-refractivity contribution is -0.137. The number of anilines is 1. The highest BCUT2D eigenvalue weighted by molar-refractivity contribution is 6.33. The highest BCUT2D eigenvalue weighted by Crippen LogP contribution is 2.41. The van der Waals surface area contributed by atoms with Gasteiger partial charge in [0, 0.05) is 5.54 Å². The van der Waals surface area contributed by atoms with E-state index in [9.17, 15) is 18.0 Å². The van der Waals surface area contributed by atoms with E-state index in [1.165, 1.54) is 17.7 Å². The molecule has 0 radical (unpaired) electrons. The van der Waals surface area contributed by atoms with Crippen molar-refractivity contribution < 1.29 is 22.7 Å². The molecule has 4 nitrogen and oxygen atoms in total. The molecule has 0 aliphatic carbocycles. The largest absolute Gasteiger partial charge is 0.519 e. The molecule has 1 unspecified atom stereocenters. The second-order valence-electron chi connectivity index (χ2n) is 5.96. The van der Waals surface area contributed by atoms with Crippen molar-refractivity contribution in [1.82, 2.24) is 4.90 Å². The number of benzene rings is 1. The molecule has 1 atom stereocenters. The van der Waals surface area contributed by atoms with Gasteiger partial charge in [-0.25, -0.2) is 0 Å². The summed E-state index contributed by atoms with van der Waals surface area (Å²) in [7, 11) is 0. The number of hydrogen-bond donors (Lipinski definition) is 1. The molecule has 1 aromatic rings. The molecule has 0 aromatic heterocycles. The first-order valence-corrected chi connectivity index (χ1v) is 6.79. The fourth-order valence-electron chi connectivity index (χ4n) is 2.09. The minimum atomic E-state index is -4.67. The van der Waals surface area contributed by atoms with Gasteiger partial charge in [-0.1, -0.05) is 11.6 Å². The Morgan fingerprint density at radius 3 is 2.36 bits per heavy atom. The molecule has 1 heterocycles. The Labute approximate surface area is 131 Å². The third kappa shape index (κ3) is 3.01. The lowest BCUT2D eigenvalue weighted by Gasteiger charge is -2.38. The van der Waals surface area contributed by atoms with Gasteiger partial charge in [-0.05, 0) is 38.5 Å². The van der Waals surface area contributed by atoms with Crippen molar-refractivity contribution in [3.8, 4) is 0 Å². The summed E-state index contributed by atoms with van der Waals surface area (Å²) in [5.74, 6) is -0.457. The molecule has 2 N–H and O–H groups in total. The molecule has 1 aliphatic heterocycles. The fourth-order valence-corrected chi connectivity index (χ4v) is 2.32. The normalized spacial score (nSPS) is 19.9. The first kappa shape index (κ1) is 16.9. The van der Waals surface area contributed by atoms with Crippen LogP contribution in [0.15, 0.2) is 12.1 Å². The maximum Gasteiger partial charge on any atom is 0.418 e. The minimum absolute atomic E-state index is 0.0134. The standard InChI is InChI=1S/C14H15ClF3N2O2/c1-13(2,3)20-6-22-11(12(20)21)7-4-8(14(16,17)18)10(19)9(15)5-7/h4-6,11H,19H2,1-3H3/q-1. The predicted molar refractivity (Wildman–Crippen MR) is 75.6 cm³/mol. The third-order valence-electron chi connectivity index (χ3n) is 3.25. The number of nitrogens with zero attached hydrogens (tertiary/aromatic N) is 1. The summed E-state index contributed by atoms with van der Waals surface area (Å²) in [4.78, 5) is 13.7. The number of ether oxygens (including phenoxy) is 1. The highest BCUT2D eigenvalue weighted by atomic mass is 35.5. The van der Waals surface area contributed by atoms with Crippen LogP contribution in [0.2, 0.25) is 5.02 Å². The van der Waals surface area contributed by atoms with E-state index in [4.69, 9.17) is 22.1 Å². The molecule has 1 aliphatic rings. The second-order valence-corrected chi connectivity index (χ2v) is 6.37. The van der Waals surface area contributed by atoms with Crippen LogP contribution >= 0.6 is 11.6 Å². The SMILES string of the molecule is CC(C)(C)N1[CH-]OC(c2cc(Cl)c(N)c(C(F)(F)F)c2)C1=O. The van der Waals surface area contributed by atoms with E-state index in [0.29, 0.717) is 0 Å². The molecule has 2 rings (SSSR count). The quantitative estimate of drug-likeness (QED) is 0.628. The number of alkyl halides is 3. The number of carbonyl (C=O) groups excluding carboxylic acids is 1. The number of nitrogens with two attached hydrogens (primary N) is 1. The number of hydrogen-bond acceptors (Lipinski definition) is 3. The predicted octanol–water partition coefficient (Wildman–Crippen LogP) is 3.76. The van der Waals surface area contributed by atoms with Crippen LogP contribution < -0.4 is 5.73 Å². The van der Waals surface area contributed by atoms with Crippen molar-refractivity contribution >= 4 is 23.2 Å². The van der Waals surface area contributed by atoms with E-state index in [2.05, 4.69) is 0 Å². The van der Waals surface area contributed by atoms with E-state index in [0.717, 1.165) is 6.07 Å². The zero-order valence-electron chi connectivity index (χ0n) is 12.2. The highest BCUT2D eigenvalue weighted by Gasteiger charge is 2.37. The summed E-state index contributed by atoms with van der Waals surface area (Å²) in [6, 6.07) is 2.01. The van der Waals surface area contributed by atoms with Crippen LogP contribution in [0, 0.1) is 6.73 Å². The number of rotatable bonds is 1. The maximum absolute atomic E-state index is 13.0. The fraction of sp³-hybridized carbons (Fsp3) is 0.429. The molecular formula is C14H15ClF3N2O2-. The van der Waals surface area contributed by atoms with E-state index in [1.54, 1.807) is 20.8 Å². The van der Waals surface area contributed by atoms with E-state index in [1.807, 2.05) is 0 Å². The van der Waals surface area contributed by atoms with Gasteiger partial charge in [0.1, 0.15) is 6.10 Å². The molecule has 122 valence electrons. The van der Waals surface area contributed by atoms with Crippen LogP contribution in [0.3, 0.4) is 0 Å². The van der Waals surface area contributed by atoms with Gasteiger partial charge >= 0.3 is 6.18 Å². The van der Waals surface area contributed by atoms with E-state index >= 15 is 0 Å². The average molecular weight is 336 g/mol. The van der Waals surface area contributed by atoms with E-state index < -0.39 is 35.0 Å². The van der Waals surface area contributed by atoms with Gasteiger partial charge in [0.15, 0.2) is 0 Å². The maximum atomic E-state index is 13.0. The third-order valence-corrected chi connectivity index (χ3v) is 3.56. The molecule has 22 heavy (non-hydrogen) atoms. The molecule has 1 fully saturated rings. The van der Waals surface area contributed by atoms with Gasteiger partial charge in [-0.3, -0.25) is 4.79 Å². The second kappa shape index (κ2) is 5.31. The Hall–Kier alpha value is -1.47. The Morgan fingerprint density at radius 2 is 1.91 bits per heavy atom. The van der Waals surface area contributed by atoms with Crippen LogP contribution in [0.1, 0.15) is 38.0 Å². The van der Waals surface area contributed by atoms with Crippen molar-refractivity contribution in [2.75, 3.05) is 5.73 Å². The van der Waals surface area contributed by atoms with Gasteiger partial charge in [-0.15, -0.1) is 6.73 Å². The van der Waals surface area contributed by atoms with Gasteiger partial charge in [0.25, 0.3) is 0 Å². The van der Waals surface area contributed by atoms with Gasteiger partial charge in [0.05, 0.1) is 16.3 Å². The Kier molecular flexibility index (Phi) is 4.08. The summed E-state index contributed by atoms with van der Waals surface area (Å²) in [5, 5.41) is -0.268. The van der Waals surface area contributed by atoms with Crippen LogP contribution in [-0.2, 0) is 15.7 Å². The number of amides is 1. The van der Waals surface area contributed by atoms with Crippen LogP contribution in [0.4, 0.5) is 18.9 Å². The molecular weight excluding hydrogens is 321 g/mol. The van der Waals surface area contributed by atoms with Crippen molar-refractivity contribution in [3.05, 3.63) is 35.0 Å². The van der Waals surface area contributed by atoms with Gasteiger partial charge in [-0.2, -0.15) is 13.2 Å². The Balaban J connectivity index is 2.43. The Bertz CT molecular complexity index is 611. The molecule has 0 spiro atoms. The smallest absolute Gasteiger partial charge is 0.418 e. The molecule has 1 aromatic carbocycles. The summed E-state index contributed by atoms with van der Waals surface area (Å²) in [5.41, 5.74) is 3.19. The van der Waals surface area contributed by atoms with Crippen LogP contribution in [0.25, 0.3) is 0 Å². The van der Waals surface area contributed by atoms with Crippen molar-refractivity contribution in [2.45, 2.75) is 38.6 Å². The van der Waals surface area contributed by atoms with Crippen molar-refractivity contribution in [1.29, 1.82) is 0 Å². The molecule has 1 amide bonds. The molecule has 8 heteroatoms. The first-order valence-electron chi connectivity index (χ1n) is 6.41. The zero-order valence-corrected chi connectivity index (χ0v) is 12.9. The zero-order chi connectivity index (χ0) is 16.9. The van der Waals surface area contributed by atoms with Gasteiger partial charge in [0.2, 0.25) is 5.91 Å². The summed E-state index contributed by atoms with van der Waals surface area (Å²) in [6.45, 7) is 6.56. The molecule has 1 saturated heterocycles. The number of carbonyl (C=O) groups is 1. The summed E-state index contributed by atoms with van der Waals surface area (Å²) < 4.78 is 44.2. The molecule has 0 bridgehead atoms. The van der Waals surface area contributed by atoms with E-state index in [-0.39, 0.29) is 10.6 Å². The lowest BCUT2D eigenvalue weighted by Crippen LogP contribution is -2.41. The molecule has 0 saturated carbocycles. The summed E-state index contributed by atoms with van der Waals surface area (Å²) in [6.07, 6.45) is -5.84. The lowest BCUT2D eigenvalue weighted by atomic mass is 10.0. The number of nitrogen functional groups attached to an aromatic ring is 1. The van der Waals surface area contributed by atoms with Crippen molar-refractivity contribution in [2.24, 2.45) is 0 Å². The van der Waals surface area contributed by atoms with Crippen LogP contribution in [0.5, 0.6) is 0 Å². The Morgan fingerprint density at radius 1 is 1.32 bits per heavy atom. The first-order chi connectivity index (χ1) is 9.93. The van der Waals surface area contributed by atoms with Crippen LogP contribution in [-0.4, -0.2) is 16.3 Å². The minimum Gasteiger partial charge on any atom is -0.519 e. The topological polar surface area (TPSA) is 55.6 Å². The monoisotopic (exact) mass is 335 g/mol. The van der Waals surface area contributed by atoms with Gasteiger partial charge < -0.3 is 15.4 Å². The van der Waals surface area contributed by atoms with Crippen molar-refractivity contribution in [3.63, 3.8) is 0 Å². The number of halogens is 4. The average Bonchev–Trinajstić information content (AvgIpc) is 2.72.